The van der Waals surface area contributed by atoms with E-state index >= 15 is 0 Å². The lowest BCUT2D eigenvalue weighted by Crippen LogP contribution is -2.26. The fraction of sp³-hybridized carbons (Fsp3) is 0.227. The van der Waals surface area contributed by atoms with Gasteiger partial charge >= 0.3 is 6.18 Å². The molecule has 0 unspecified atom stereocenters. The Hall–Kier alpha value is -3.07. The quantitative estimate of drug-likeness (QED) is 0.420. The van der Waals surface area contributed by atoms with Gasteiger partial charge in [-0.1, -0.05) is 53.7 Å². The van der Waals surface area contributed by atoms with E-state index in [1.165, 1.54) is 30.0 Å². The van der Waals surface area contributed by atoms with Crippen LogP contribution in [0.5, 0.6) is 0 Å². The monoisotopic (exact) mass is 447 g/mol. The van der Waals surface area contributed by atoms with Crippen molar-refractivity contribution in [3.63, 3.8) is 0 Å². The van der Waals surface area contributed by atoms with E-state index in [4.69, 9.17) is 0 Å². The summed E-state index contributed by atoms with van der Waals surface area (Å²) < 4.78 is 37.8. The SMILES string of the molecule is Cc1ccc(CSc2nc(CC(=O)NCc3ccc(C(F)(F)F)cc3)cc(=O)[nH]2)cc1. The van der Waals surface area contributed by atoms with Crippen LogP contribution in [0.4, 0.5) is 13.2 Å². The molecule has 0 atom stereocenters. The summed E-state index contributed by atoms with van der Waals surface area (Å²) in [5.41, 5.74) is 2.00. The molecule has 0 aliphatic carbocycles. The van der Waals surface area contributed by atoms with Gasteiger partial charge in [0.05, 0.1) is 17.7 Å². The zero-order chi connectivity index (χ0) is 22.4. The number of aromatic nitrogens is 2. The van der Waals surface area contributed by atoms with Gasteiger partial charge < -0.3 is 10.3 Å². The third-order valence-corrected chi connectivity index (χ3v) is 5.33. The predicted molar refractivity (Wildman–Crippen MR) is 113 cm³/mol. The maximum Gasteiger partial charge on any atom is 0.416 e. The number of carbonyl (C=O) groups is 1. The van der Waals surface area contributed by atoms with Crippen molar-refractivity contribution in [2.24, 2.45) is 0 Å². The predicted octanol–water partition coefficient (Wildman–Crippen LogP) is 4.25. The van der Waals surface area contributed by atoms with E-state index in [1.54, 1.807) is 0 Å². The third kappa shape index (κ3) is 6.99. The molecule has 0 fully saturated rings. The van der Waals surface area contributed by atoms with Gasteiger partial charge in [0.2, 0.25) is 5.91 Å². The fourth-order valence-corrected chi connectivity index (χ4v) is 3.57. The molecular weight excluding hydrogens is 427 g/mol. The number of hydrogen-bond donors (Lipinski definition) is 2. The van der Waals surface area contributed by atoms with Crippen LogP contribution in [0.1, 0.15) is 27.9 Å². The molecule has 162 valence electrons. The summed E-state index contributed by atoms with van der Waals surface area (Å²) in [7, 11) is 0. The molecule has 3 aromatic rings. The van der Waals surface area contributed by atoms with Gasteiger partial charge in [-0.25, -0.2) is 4.98 Å². The summed E-state index contributed by atoms with van der Waals surface area (Å²) in [6.45, 7) is 2.08. The number of nitrogens with zero attached hydrogens (tertiary/aromatic N) is 1. The minimum atomic E-state index is -4.40. The summed E-state index contributed by atoms with van der Waals surface area (Å²) in [5, 5.41) is 3.04. The number of halogens is 3. The van der Waals surface area contributed by atoms with Crippen LogP contribution in [0.15, 0.2) is 64.5 Å². The molecule has 0 saturated heterocycles. The Kier molecular flexibility index (Phi) is 7.17. The van der Waals surface area contributed by atoms with Crippen molar-refractivity contribution in [2.45, 2.75) is 37.0 Å². The van der Waals surface area contributed by atoms with Gasteiger partial charge in [0.1, 0.15) is 0 Å². The second-order valence-electron chi connectivity index (χ2n) is 6.96. The lowest BCUT2D eigenvalue weighted by molar-refractivity contribution is -0.137. The standard InChI is InChI=1S/C22H20F3N3O2S/c1-14-2-4-16(5-3-14)13-31-21-27-18(11-20(30)28-21)10-19(29)26-12-15-6-8-17(9-7-15)22(23,24)25/h2-9,11H,10,12-13H2,1H3,(H,26,29)(H,27,28,30). The first-order valence-electron chi connectivity index (χ1n) is 9.40. The highest BCUT2D eigenvalue weighted by molar-refractivity contribution is 7.98. The fourth-order valence-electron chi connectivity index (χ4n) is 2.72. The molecule has 5 nitrogen and oxygen atoms in total. The Morgan fingerprint density at radius 2 is 1.71 bits per heavy atom. The van der Waals surface area contributed by atoms with Crippen molar-refractivity contribution in [3.8, 4) is 0 Å². The number of amides is 1. The van der Waals surface area contributed by atoms with Gasteiger partial charge in [0.25, 0.3) is 5.56 Å². The molecule has 2 N–H and O–H groups in total. The Balaban J connectivity index is 1.55. The second-order valence-corrected chi connectivity index (χ2v) is 7.93. The molecule has 2 aromatic carbocycles. The topological polar surface area (TPSA) is 74.8 Å². The van der Waals surface area contributed by atoms with E-state index in [2.05, 4.69) is 15.3 Å². The number of aryl methyl sites for hydroxylation is 1. The van der Waals surface area contributed by atoms with Crippen molar-refractivity contribution in [1.82, 2.24) is 15.3 Å². The van der Waals surface area contributed by atoms with Crippen molar-refractivity contribution < 1.29 is 18.0 Å². The Labute approximate surface area is 181 Å². The lowest BCUT2D eigenvalue weighted by Gasteiger charge is -2.09. The van der Waals surface area contributed by atoms with Gasteiger partial charge in [0, 0.05) is 18.4 Å². The van der Waals surface area contributed by atoms with Crippen LogP contribution < -0.4 is 10.9 Å². The molecule has 1 aromatic heterocycles. The molecule has 0 spiro atoms. The lowest BCUT2D eigenvalue weighted by atomic mass is 10.1. The smallest absolute Gasteiger partial charge is 0.352 e. The summed E-state index contributed by atoms with van der Waals surface area (Å²) in [6.07, 6.45) is -4.51. The first kappa shape index (κ1) is 22.6. The Morgan fingerprint density at radius 3 is 2.35 bits per heavy atom. The zero-order valence-electron chi connectivity index (χ0n) is 16.6. The Bertz CT molecular complexity index is 1090. The van der Waals surface area contributed by atoms with Gasteiger partial charge in [-0.3, -0.25) is 9.59 Å². The van der Waals surface area contributed by atoms with E-state index in [0.717, 1.165) is 23.3 Å². The molecule has 0 radical (unpaired) electrons. The van der Waals surface area contributed by atoms with Crippen molar-refractivity contribution >= 4 is 17.7 Å². The van der Waals surface area contributed by atoms with Gasteiger partial charge in [0.15, 0.2) is 5.16 Å². The summed E-state index contributed by atoms with van der Waals surface area (Å²) >= 11 is 1.36. The van der Waals surface area contributed by atoms with Crippen LogP contribution in [0.3, 0.4) is 0 Å². The molecule has 0 saturated carbocycles. The summed E-state index contributed by atoms with van der Waals surface area (Å²) in [6, 6.07) is 13.8. The third-order valence-electron chi connectivity index (χ3n) is 4.38. The number of aromatic amines is 1. The molecule has 0 aliphatic heterocycles. The van der Waals surface area contributed by atoms with Gasteiger partial charge in [-0.2, -0.15) is 13.2 Å². The number of hydrogen-bond acceptors (Lipinski definition) is 4. The van der Waals surface area contributed by atoms with Crippen LogP contribution in [0.2, 0.25) is 0 Å². The maximum absolute atomic E-state index is 12.6. The van der Waals surface area contributed by atoms with E-state index in [9.17, 15) is 22.8 Å². The first-order valence-corrected chi connectivity index (χ1v) is 10.4. The summed E-state index contributed by atoms with van der Waals surface area (Å²) in [5.74, 6) is 0.236. The normalized spacial score (nSPS) is 11.4. The largest absolute Gasteiger partial charge is 0.416 e. The highest BCUT2D eigenvalue weighted by atomic mass is 32.2. The van der Waals surface area contributed by atoms with Crippen LogP contribution in [0.25, 0.3) is 0 Å². The van der Waals surface area contributed by atoms with Crippen LogP contribution in [-0.4, -0.2) is 15.9 Å². The number of thioether (sulfide) groups is 1. The number of alkyl halides is 3. The van der Waals surface area contributed by atoms with Crippen LogP contribution in [-0.2, 0) is 29.7 Å². The molecule has 3 rings (SSSR count). The van der Waals surface area contributed by atoms with E-state index in [1.807, 2.05) is 31.2 Å². The number of nitrogens with one attached hydrogen (secondary N) is 2. The van der Waals surface area contributed by atoms with Crippen molar-refractivity contribution in [3.05, 3.63) is 92.9 Å². The minimum absolute atomic E-state index is 0.0786. The van der Waals surface area contributed by atoms with Crippen LogP contribution in [0, 0.1) is 6.92 Å². The molecule has 0 aliphatic rings. The zero-order valence-corrected chi connectivity index (χ0v) is 17.4. The molecule has 0 bridgehead atoms. The van der Waals surface area contributed by atoms with Crippen molar-refractivity contribution in [2.75, 3.05) is 0 Å². The van der Waals surface area contributed by atoms with Gasteiger partial charge in [-0.05, 0) is 30.2 Å². The molecular formula is C22H20F3N3O2S. The minimum Gasteiger partial charge on any atom is -0.352 e. The van der Waals surface area contributed by atoms with Crippen molar-refractivity contribution in [1.29, 1.82) is 0 Å². The maximum atomic E-state index is 12.6. The van der Waals surface area contributed by atoms with Crippen LogP contribution >= 0.6 is 11.8 Å². The van der Waals surface area contributed by atoms with E-state index in [-0.39, 0.29) is 24.4 Å². The molecule has 1 amide bonds. The first-order chi connectivity index (χ1) is 14.7. The van der Waals surface area contributed by atoms with E-state index in [0.29, 0.717) is 22.2 Å². The molecule has 9 heteroatoms. The highest BCUT2D eigenvalue weighted by Crippen LogP contribution is 2.29. The van der Waals surface area contributed by atoms with E-state index < -0.39 is 11.7 Å². The highest BCUT2D eigenvalue weighted by Gasteiger charge is 2.29. The number of carbonyl (C=O) groups excluding carboxylic acids is 1. The second kappa shape index (κ2) is 9.82. The number of H-pyrrole nitrogens is 1. The Morgan fingerprint density at radius 1 is 1.06 bits per heavy atom. The average Bonchev–Trinajstić information content (AvgIpc) is 2.71. The number of benzene rings is 2. The number of rotatable bonds is 7. The molecule has 31 heavy (non-hydrogen) atoms. The summed E-state index contributed by atoms with van der Waals surface area (Å²) in [4.78, 5) is 31.1. The van der Waals surface area contributed by atoms with Gasteiger partial charge in [-0.15, -0.1) is 0 Å². The average molecular weight is 447 g/mol. The molecule has 1 heterocycles.